The Morgan fingerprint density at radius 1 is 1.41 bits per heavy atom. The van der Waals surface area contributed by atoms with E-state index in [0.717, 1.165) is 12.1 Å². The molecule has 0 bridgehead atoms. The number of amides is 1. The Kier molecular flexibility index (Phi) is 5.92. The Morgan fingerprint density at radius 3 is 2.64 bits per heavy atom. The molecule has 0 radical (unpaired) electrons. The second-order valence-corrected chi connectivity index (χ2v) is 4.37. The molecule has 0 spiro atoms. The minimum absolute atomic E-state index is 0.125. The molecular weight excluding hydrogens is 306 g/mol. The minimum atomic E-state index is -5.02. The van der Waals surface area contributed by atoms with Gasteiger partial charge in [0, 0.05) is 5.56 Å². The molecule has 2 N–H and O–H groups in total. The molecule has 22 heavy (non-hydrogen) atoms. The van der Waals surface area contributed by atoms with Crippen LogP contribution < -0.4 is 5.32 Å². The van der Waals surface area contributed by atoms with Crippen LogP contribution in [0.2, 0.25) is 0 Å². The third-order valence-corrected chi connectivity index (χ3v) is 2.70. The van der Waals surface area contributed by atoms with Gasteiger partial charge in [-0.05, 0) is 31.2 Å². The smallest absolute Gasteiger partial charge is 0.422 e. The van der Waals surface area contributed by atoms with Crippen LogP contribution in [0.3, 0.4) is 0 Å². The summed E-state index contributed by atoms with van der Waals surface area (Å²) in [7, 11) is 0. The molecule has 8 heteroatoms. The Bertz CT molecular complexity index is 545. The summed E-state index contributed by atoms with van der Waals surface area (Å²) in [5, 5.41) is 11.6. The molecule has 122 valence electrons. The molecule has 0 saturated heterocycles. The van der Waals surface area contributed by atoms with E-state index in [1.807, 2.05) is 5.32 Å². The second-order valence-electron chi connectivity index (χ2n) is 4.37. The summed E-state index contributed by atoms with van der Waals surface area (Å²) in [6.07, 6.45) is -3.90. The van der Waals surface area contributed by atoms with Crippen LogP contribution >= 0.6 is 0 Å². The van der Waals surface area contributed by atoms with Gasteiger partial charge in [0.2, 0.25) is 0 Å². The van der Waals surface area contributed by atoms with Crippen LogP contribution in [0, 0.1) is 5.82 Å². The highest BCUT2D eigenvalue weighted by molar-refractivity contribution is 5.94. The van der Waals surface area contributed by atoms with Crippen LogP contribution in [0.5, 0.6) is 0 Å². The maximum absolute atomic E-state index is 13.0. The van der Waals surface area contributed by atoms with Gasteiger partial charge in [-0.25, -0.2) is 4.39 Å². The highest BCUT2D eigenvalue weighted by Crippen LogP contribution is 2.31. The van der Waals surface area contributed by atoms with E-state index in [1.165, 1.54) is 12.1 Å². The van der Waals surface area contributed by atoms with Crippen molar-refractivity contribution in [2.75, 3.05) is 13.2 Å². The highest BCUT2D eigenvalue weighted by Gasteiger charge is 2.52. The lowest BCUT2D eigenvalue weighted by Crippen LogP contribution is -2.52. The number of rotatable bonds is 6. The molecule has 0 unspecified atom stereocenters. The summed E-state index contributed by atoms with van der Waals surface area (Å²) in [6, 6.07) is 4.45. The fourth-order valence-electron chi connectivity index (χ4n) is 1.46. The molecule has 0 aliphatic heterocycles. The topological polar surface area (TPSA) is 58.6 Å². The highest BCUT2D eigenvalue weighted by atomic mass is 19.4. The lowest BCUT2D eigenvalue weighted by Gasteiger charge is -2.27. The van der Waals surface area contributed by atoms with Crippen LogP contribution in [-0.4, -0.2) is 35.9 Å². The van der Waals surface area contributed by atoms with E-state index >= 15 is 0 Å². The average molecular weight is 321 g/mol. The van der Waals surface area contributed by atoms with Crippen molar-refractivity contribution >= 4 is 5.91 Å². The number of carbonyl (C=O) groups is 1. The van der Waals surface area contributed by atoms with Crippen LogP contribution in [0.15, 0.2) is 36.6 Å². The van der Waals surface area contributed by atoms with E-state index in [9.17, 15) is 27.5 Å². The molecule has 1 atom stereocenters. The van der Waals surface area contributed by atoms with Gasteiger partial charge in [0.25, 0.3) is 5.91 Å². The van der Waals surface area contributed by atoms with Gasteiger partial charge in [0.05, 0.1) is 19.4 Å². The summed E-state index contributed by atoms with van der Waals surface area (Å²) in [5.41, 5.74) is -3.44. The monoisotopic (exact) mass is 321 g/mol. The molecule has 1 aromatic rings. The average Bonchev–Trinajstić information content (AvgIpc) is 2.44. The van der Waals surface area contributed by atoms with Crippen molar-refractivity contribution in [3.63, 3.8) is 0 Å². The zero-order chi connectivity index (χ0) is 16.8. The van der Waals surface area contributed by atoms with Crippen molar-refractivity contribution in [3.8, 4) is 0 Å². The summed E-state index contributed by atoms with van der Waals surface area (Å²) < 4.78 is 56.2. The van der Waals surface area contributed by atoms with Crippen molar-refractivity contribution in [1.82, 2.24) is 5.32 Å². The Labute approximate surface area is 124 Å². The van der Waals surface area contributed by atoms with Gasteiger partial charge >= 0.3 is 6.18 Å². The number of ether oxygens (including phenoxy) is 1. The van der Waals surface area contributed by atoms with E-state index in [2.05, 4.69) is 4.74 Å². The first-order chi connectivity index (χ1) is 10.2. The lowest BCUT2D eigenvalue weighted by molar-refractivity contribution is -0.237. The first-order valence-corrected chi connectivity index (χ1v) is 6.32. The quantitative estimate of drug-likeness (QED) is 0.625. The first-order valence-electron chi connectivity index (χ1n) is 6.32. The summed E-state index contributed by atoms with van der Waals surface area (Å²) in [4.78, 5) is 11.7. The molecule has 1 aromatic carbocycles. The number of benzene rings is 1. The van der Waals surface area contributed by atoms with Crippen molar-refractivity contribution in [3.05, 3.63) is 48.0 Å². The number of alkyl halides is 3. The molecule has 0 fully saturated rings. The van der Waals surface area contributed by atoms with E-state index < -0.39 is 30.0 Å². The molecule has 1 amide bonds. The molecular formula is C14H15F4NO3. The predicted octanol–water partition coefficient (Wildman–Crippen LogP) is 2.40. The van der Waals surface area contributed by atoms with Crippen LogP contribution in [0.4, 0.5) is 17.6 Å². The number of hydrogen-bond acceptors (Lipinski definition) is 3. The van der Waals surface area contributed by atoms with E-state index in [1.54, 1.807) is 6.92 Å². The van der Waals surface area contributed by atoms with Crippen molar-refractivity contribution in [2.24, 2.45) is 0 Å². The summed E-state index contributed by atoms with van der Waals surface area (Å²) in [6.45, 7) is 0.554. The SMILES string of the molecule is CCO/C=C/[C@@](O)(CNC(=O)c1cccc(F)c1)C(F)(F)F. The van der Waals surface area contributed by atoms with Gasteiger partial charge in [-0.1, -0.05) is 6.07 Å². The molecule has 1 rings (SSSR count). The Balaban J connectivity index is 2.81. The van der Waals surface area contributed by atoms with Gasteiger partial charge in [-0.3, -0.25) is 4.79 Å². The van der Waals surface area contributed by atoms with Gasteiger partial charge in [0.1, 0.15) is 5.82 Å². The summed E-state index contributed by atoms with van der Waals surface area (Å²) >= 11 is 0. The zero-order valence-corrected chi connectivity index (χ0v) is 11.7. The number of halogens is 4. The van der Waals surface area contributed by atoms with Gasteiger partial charge in [-0.2, -0.15) is 13.2 Å². The zero-order valence-electron chi connectivity index (χ0n) is 11.7. The maximum atomic E-state index is 13.0. The number of nitrogens with one attached hydrogen (secondary N) is 1. The second kappa shape index (κ2) is 7.26. The van der Waals surface area contributed by atoms with Gasteiger partial charge < -0.3 is 15.2 Å². The molecule has 4 nitrogen and oxygen atoms in total. The largest absolute Gasteiger partial charge is 0.502 e. The van der Waals surface area contributed by atoms with E-state index in [0.29, 0.717) is 12.3 Å². The lowest BCUT2D eigenvalue weighted by atomic mass is 10.0. The normalized spacial score (nSPS) is 14.6. The van der Waals surface area contributed by atoms with Crippen LogP contribution in [0.1, 0.15) is 17.3 Å². The fourth-order valence-corrected chi connectivity index (χ4v) is 1.46. The molecule has 0 saturated carbocycles. The van der Waals surface area contributed by atoms with Crippen molar-refractivity contribution in [1.29, 1.82) is 0 Å². The maximum Gasteiger partial charge on any atom is 0.422 e. The molecule has 0 aromatic heterocycles. The van der Waals surface area contributed by atoms with Crippen LogP contribution in [-0.2, 0) is 4.74 Å². The van der Waals surface area contributed by atoms with E-state index in [-0.39, 0.29) is 12.2 Å². The first kappa shape index (κ1) is 18.0. The summed E-state index contributed by atoms with van der Waals surface area (Å²) in [5.74, 6) is -1.64. The van der Waals surface area contributed by atoms with Crippen molar-refractivity contribution < 1.29 is 32.2 Å². The van der Waals surface area contributed by atoms with E-state index in [4.69, 9.17) is 0 Å². The van der Waals surface area contributed by atoms with Crippen molar-refractivity contribution in [2.45, 2.75) is 18.7 Å². The number of hydrogen-bond donors (Lipinski definition) is 2. The minimum Gasteiger partial charge on any atom is -0.502 e. The predicted molar refractivity (Wildman–Crippen MR) is 70.5 cm³/mol. The third-order valence-electron chi connectivity index (χ3n) is 2.70. The van der Waals surface area contributed by atoms with Gasteiger partial charge in [0.15, 0.2) is 5.60 Å². The Hall–Kier alpha value is -2.09. The number of carbonyl (C=O) groups excluding carboxylic acids is 1. The molecule has 0 aliphatic rings. The molecule has 0 heterocycles. The Morgan fingerprint density at radius 2 is 2.09 bits per heavy atom. The number of aliphatic hydroxyl groups is 1. The fraction of sp³-hybridized carbons (Fsp3) is 0.357. The molecule has 0 aliphatic carbocycles. The third kappa shape index (κ3) is 4.73. The standard InChI is InChI=1S/C14H15F4NO3/c1-2-22-7-6-13(21,14(16,17)18)9-19-12(20)10-4-3-5-11(15)8-10/h3-8,21H,2,9H2,1H3,(H,19,20)/b7-6+/t13-/m1/s1. The van der Waals surface area contributed by atoms with Gasteiger partial charge in [-0.15, -0.1) is 0 Å². The van der Waals surface area contributed by atoms with Crippen LogP contribution in [0.25, 0.3) is 0 Å².